The van der Waals surface area contributed by atoms with Gasteiger partial charge >= 0.3 is 0 Å². The van der Waals surface area contributed by atoms with Crippen molar-refractivity contribution >= 4 is 30.1 Å². The zero-order valence-electron chi connectivity index (χ0n) is 10.4. The van der Waals surface area contributed by atoms with Crippen LogP contribution in [0.3, 0.4) is 0 Å². The molecule has 7 heteroatoms. The van der Waals surface area contributed by atoms with Crippen LogP contribution >= 0.6 is 24.2 Å². The van der Waals surface area contributed by atoms with Gasteiger partial charge in [0.05, 0.1) is 6.04 Å². The third-order valence-electron chi connectivity index (χ3n) is 2.79. The van der Waals surface area contributed by atoms with Gasteiger partial charge in [0, 0.05) is 25.2 Å². The van der Waals surface area contributed by atoms with Crippen molar-refractivity contribution in [2.24, 2.45) is 0 Å². The first-order chi connectivity index (χ1) is 8.58. The van der Waals surface area contributed by atoms with Gasteiger partial charge in [-0.1, -0.05) is 6.07 Å². The number of hydrogen-bond donors (Lipinski definition) is 1. The molecule has 106 valence electrons. The summed E-state index contributed by atoms with van der Waals surface area (Å²) < 4.78 is 25.8. The first-order valence-corrected chi connectivity index (χ1v) is 6.73. The number of nitrogens with zero attached hydrogens (tertiary/aromatic N) is 1. The number of amides is 1. The number of nitrogens with one attached hydrogen (secondary N) is 1. The molecule has 2 rings (SSSR count). The van der Waals surface area contributed by atoms with Crippen LogP contribution < -0.4 is 5.32 Å². The lowest BCUT2D eigenvalue weighted by Crippen LogP contribution is -2.42. The van der Waals surface area contributed by atoms with E-state index in [4.69, 9.17) is 0 Å². The molecule has 1 unspecified atom stereocenters. The predicted octanol–water partition coefficient (Wildman–Crippen LogP) is 2.01. The SMILES string of the molecule is CN(Cc1ccc(F)c(F)c1)C(=O)C1CSCN1.Cl. The Balaban J connectivity index is 0.00000180. The average Bonchev–Trinajstić information content (AvgIpc) is 2.86. The summed E-state index contributed by atoms with van der Waals surface area (Å²) in [4.78, 5) is 13.5. The summed E-state index contributed by atoms with van der Waals surface area (Å²) in [6.07, 6.45) is 0. The highest BCUT2D eigenvalue weighted by molar-refractivity contribution is 7.99. The summed E-state index contributed by atoms with van der Waals surface area (Å²) in [5.74, 6) is -0.259. The summed E-state index contributed by atoms with van der Waals surface area (Å²) in [7, 11) is 1.66. The molecule has 1 saturated heterocycles. The average molecular weight is 309 g/mol. The highest BCUT2D eigenvalue weighted by Gasteiger charge is 2.25. The largest absolute Gasteiger partial charge is 0.340 e. The third kappa shape index (κ3) is 4.06. The van der Waals surface area contributed by atoms with E-state index in [-0.39, 0.29) is 30.9 Å². The maximum Gasteiger partial charge on any atom is 0.240 e. The molecule has 1 amide bonds. The molecule has 0 aliphatic carbocycles. The number of carbonyl (C=O) groups is 1. The Kier molecular flexibility index (Phi) is 6.03. The Hall–Kier alpha value is -0.850. The second kappa shape index (κ2) is 7.07. The third-order valence-corrected chi connectivity index (χ3v) is 3.73. The topological polar surface area (TPSA) is 32.3 Å². The Morgan fingerprint density at radius 3 is 2.79 bits per heavy atom. The van der Waals surface area contributed by atoms with Crippen LogP contribution in [0.1, 0.15) is 5.56 Å². The van der Waals surface area contributed by atoms with E-state index in [1.54, 1.807) is 18.8 Å². The molecule has 3 nitrogen and oxygen atoms in total. The molecule has 0 saturated carbocycles. The number of benzene rings is 1. The Bertz CT molecular complexity index is 455. The van der Waals surface area contributed by atoms with E-state index in [9.17, 15) is 13.6 Å². The molecule has 0 radical (unpaired) electrons. The molecule has 1 aliphatic heterocycles. The lowest BCUT2D eigenvalue weighted by Gasteiger charge is -2.20. The monoisotopic (exact) mass is 308 g/mol. The molecule has 0 spiro atoms. The van der Waals surface area contributed by atoms with Gasteiger partial charge in [0.1, 0.15) is 0 Å². The first-order valence-electron chi connectivity index (χ1n) is 5.58. The maximum atomic E-state index is 13.0. The standard InChI is InChI=1S/C12H14F2N2OS.ClH/c1-16(12(17)11-6-18-7-15-11)5-8-2-3-9(13)10(14)4-8;/h2-4,11,15H,5-7H2,1H3;1H. The predicted molar refractivity (Wildman–Crippen MR) is 74.3 cm³/mol. The minimum absolute atomic E-state index is 0. The molecule has 1 aromatic carbocycles. The van der Waals surface area contributed by atoms with Gasteiger partial charge in [-0.3, -0.25) is 10.1 Å². The van der Waals surface area contributed by atoms with Crippen molar-refractivity contribution in [1.29, 1.82) is 0 Å². The van der Waals surface area contributed by atoms with E-state index in [1.165, 1.54) is 11.0 Å². The van der Waals surface area contributed by atoms with Crippen LogP contribution in [0.5, 0.6) is 0 Å². The quantitative estimate of drug-likeness (QED) is 0.927. The molecule has 1 atom stereocenters. The molecular weight excluding hydrogens is 294 g/mol. The lowest BCUT2D eigenvalue weighted by atomic mass is 10.2. The number of carbonyl (C=O) groups excluding carboxylic acids is 1. The van der Waals surface area contributed by atoms with E-state index < -0.39 is 11.6 Å². The van der Waals surface area contributed by atoms with Crippen molar-refractivity contribution < 1.29 is 13.6 Å². The molecule has 1 aromatic rings. The van der Waals surface area contributed by atoms with Crippen molar-refractivity contribution in [3.05, 3.63) is 35.4 Å². The van der Waals surface area contributed by atoms with Crippen molar-refractivity contribution in [3.63, 3.8) is 0 Å². The van der Waals surface area contributed by atoms with Gasteiger partial charge in [0.2, 0.25) is 5.91 Å². The van der Waals surface area contributed by atoms with Gasteiger partial charge in [-0.05, 0) is 17.7 Å². The number of halogens is 3. The van der Waals surface area contributed by atoms with Gasteiger partial charge in [-0.2, -0.15) is 0 Å². The van der Waals surface area contributed by atoms with Crippen LogP contribution in [0.2, 0.25) is 0 Å². The normalized spacial score (nSPS) is 17.9. The van der Waals surface area contributed by atoms with E-state index in [1.807, 2.05) is 0 Å². The molecule has 1 heterocycles. The summed E-state index contributed by atoms with van der Waals surface area (Å²) in [6.45, 7) is 0.277. The minimum Gasteiger partial charge on any atom is -0.340 e. The lowest BCUT2D eigenvalue weighted by molar-refractivity contribution is -0.131. The summed E-state index contributed by atoms with van der Waals surface area (Å²) >= 11 is 1.67. The molecule has 0 aromatic heterocycles. The molecule has 0 bridgehead atoms. The van der Waals surface area contributed by atoms with Crippen LogP contribution in [0, 0.1) is 11.6 Å². The zero-order valence-corrected chi connectivity index (χ0v) is 12.0. The van der Waals surface area contributed by atoms with Crippen molar-refractivity contribution in [3.8, 4) is 0 Å². The zero-order chi connectivity index (χ0) is 13.1. The van der Waals surface area contributed by atoms with Crippen molar-refractivity contribution in [2.45, 2.75) is 12.6 Å². The van der Waals surface area contributed by atoms with Gasteiger partial charge < -0.3 is 4.90 Å². The second-order valence-corrected chi connectivity index (χ2v) is 5.24. The van der Waals surface area contributed by atoms with Crippen LogP contribution in [0.4, 0.5) is 8.78 Å². The van der Waals surface area contributed by atoms with E-state index in [0.29, 0.717) is 5.56 Å². The summed E-state index contributed by atoms with van der Waals surface area (Å²) in [6, 6.07) is 3.51. The summed E-state index contributed by atoms with van der Waals surface area (Å²) in [5, 5.41) is 3.08. The van der Waals surface area contributed by atoms with Gasteiger partial charge in [-0.25, -0.2) is 8.78 Å². The molecule has 1 N–H and O–H groups in total. The van der Waals surface area contributed by atoms with Crippen LogP contribution in [0.25, 0.3) is 0 Å². The number of rotatable bonds is 3. The first kappa shape index (κ1) is 16.2. The van der Waals surface area contributed by atoms with E-state index in [0.717, 1.165) is 23.8 Å². The molecule has 1 aliphatic rings. The molecular formula is C12H15ClF2N2OS. The number of likely N-dealkylation sites (N-methyl/N-ethyl adjacent to an activating group) is 1. The van der Waals surface area contributed by atoms with Crippen LogP contribution in [0.15, 0.2) is 18.2 Å². The Morgan fingerprint density at radius 2 is 2.21 bits per heavy atom. The maximum absolute atomic E-state index is 13.0. The van der Waals surface area contributed by atoms with Crippen LogP contribution in [-0.2, 0) is 11.3 Å². The number of hydrogen-bond acceptors (Lipinski definition) is 3. The fraction of sp³-hybridized carbons (Fsp3) is 0.417. The fourth-order valence-electron chi connectivity index (χ4n) is 1.81. The Morgan fingerprint density at radius 1 is 1.47 bits per heavy atom. The molecule has 19 heavy (non-hydrogen) atoms. The fourth-order valence-corrected chi connectivity index (χ4v) is 2.74. The van der Waals surface area contributed by atoms with Crippen molar-refractivity contribution in [1.82, 2.24) is 10.2 Å². The van der Waals surface area contributed by atoms with E-state index in [2.05, 4.69) is 5.32 Å². The van der Waals surface area contributed by atoms with Gasteiger partial charge in [0.15, 0.2) is 11.6 Å². The molecule has 1 fully saturated rings. The highest BCUT2D eigenvalue weighted by atomic mass is 35.5. The minimum atomic E-state index is -0.886. The van der Waals surface area contributed by atoms with Crippen LogP contribution in [-0.4, -0.2) is 35.5 Å². The van der Waals surface area contributed by atoms with Gasteiger partial charge in [-0.15, -0.1) is 24.2 Å². The van der Waals surface area contributed by atoms with E-state index >= 15 is 0 Å². The smallest absolute Gasteiger partial charge is 0.240 e. The second-order valence-electron chi connectivity index (χ2n) is 4.21. The van der Waals surface area contributed by atoms with Crippen molar-refractivity contribution in [2.75, 3.05) is 18.7 Å². The summed E-state index contributed by atoms with van der Waals surface area (Å²) in [5.41, 5.74) is 0.579. The Labute approximate surface area is 121 Å². The number of thioether (sulfide) groups is 1. The highest BCUT2D eigenvalue weighted by Crippen LogP contribution is 2.14. The van der Waals surface area contributed by atoms with Gasteiger partial charge in [0.25, 0.3) is 0 Å².